The monoisotopic (exact) mass is 387 g/mol. The topological polar surface area (TPSA) is 56.4 Å². The smallest absolute Gasteiger partial charge is 0.196 e. The van der Waals surface area contributed by atoms with Gasteiger partial charge in [0, 0.05) is 37.4 Å². The summed E-state index contributed by atoms with van der Waals surface area (Å²) < 4.78 is 0. The van der Waals surface area contributed by atoms with Crippen LogP contribution < -0.4 is 4.90 Å². The number of carbonyl (C=O) groups excluding carboxylic acids is 2. The van der Waals surface area contributed by atoms with Crippen molar-refractivity contribution in [3.8, 4) is 0 Å². The van der Waals surface area contributed by atoms with Gasteiger partial charge < -0.3 is 9.88 Å². The van der Waals surface area contributed by atoms with Crippen molar-refractivity contribution < 1.29 is 9.59 Å². The van der Waals surface area contributed by atoms with Crippen LogP contribution in [0.1, 0.15) is 46.0 Å². The summed E-state index contributed by atoms with van der Waals surface area (Å²) in [5.74, 6) is 0.0237. The Morgan fingerprint density at radius 2 is 1.74 bits per heavy atom. The van der Waals surface area contributed by atoms with Crippen LogP contribution in [0.2, 0.25) is 5.02 Å². The van der Waals surface area contributed by atoms with Gasteiger partial charge in [0.25, 0.3) is 0 Å². The normalized spacial score (nSPS) is 16.4. The number of aromatic amines is 1. The van der Waals surface area contributed by atoms with Crippen LogP contribution in [0, 0.1) is 13.8 Å². The average Bonchev–Trinajstić information content (AvgIpc) is 2.95. The van der Waals surface area contributed by atoms with E-state index in [0.717, 1.165) is 48.1 Å². The molecule has 27 heavy (non-hydrogen) atoms. The highest BCUT2D eigenvalue weighted by molar-refractivity contribution is 6.33. The Bertz CT molecular complexity index is 866. The molecule has 1 atom stereocenters. The minimum absolute atomic E-state index is 0.0127. The lowest BCUT2D eigenvalue weighted by Gasteiger charge is -2.38. The van der Waals surface area contributed by atoms with E-state index in [2.05, 4.69) is 14.8 Å². The number of benzene rings is 1. The number of ketones is 2. The summed E-state index contributed by atoms with van der Waals surface area (Å²) in [6, 6.07) is 7.61. The van der Waals surface area contributed by atoms with E-state index in [-0.39, 0.29) is 17.6 Å². The van der Waals surface area contributed by atoms with Gasteiger partial charge in [-0.25, -0.2) is 0 Å². The second kappa shape index (κ2) is 7.87. The zero-order chi connectivity index (χ0) is 19.7. The zero-order valence-electron chi connectivity index (χ0n) is 16.3. The van der Waals surface area contributed by atoms with Crippen LogP contribution in [0.4, 0.5) is 5.69 Å². The van der Waals surface area contributed by atoms with E-state index in [4.69, 9.17) is 11.6 Å². The summed E-state index contributed by atoms with van der Waals surface area (Å²) >= 11 is 6.31. The van der Waals surface area contributed by atoms with Gasteiger partial charge in [0.05, 0.1) is 22.4 Å². The summed E-state index contributed by atoms with van der Waals surface area (Å²) in [7, 11) is 0. The molecule has 1 saturated heterocycles. The fraction of sp³-hybridized carbons (Fsp3) is 0.429. The van der Waals surface area contributed by atoms with Crippen LogP contribution in [0.15, 0.2) is 24.3 Å². The molecule has 0 amide bonds. The molecule has 5 nitrogen and oxygen atoms in total. The molecular weight excluding hydrogens is 362 g/mol. The van der Waals surface area contributed by atoms with E-state index >= 15 is 0 Å². The minimum Gasteiger partial charge on any atom is -0.368 e. The number of rotatable bonds is 5. The Morgan fingerprint density at radius 3 is 2.30 bits per heavy atom. The molecule has 0 bridgehead atoms. The van der Waals surface area contributed by atoms with Gasteiger partial charge in [0.2, 0.25) is 0 Å². The third-order valence-corrected chi connectivity index (χ3v) is 5.79. The van der Waals surface area contributed by atoms with Crippen molar-refractivity contribution in [2.75, 3.05) is 31.1 Å². The van der Waals surface area contributed by atoms with Crippen LogP contribution in [-0.2, 0) is 0 Å². The quantitative estimate of drug-likeness (QED) is 0.791. The summed E-state index contributed by atoms with van der Waals surface area (Å²) in [6.45, 7) is 10.4. The Balaban J connectivity index is 1.70. The number of aromatic nitrogens is 1. The molecule has 1 aliphatic rings. The molecule has 2 heterocycles. The number of H-pyrrole nitrogens is 1. The van der Waals surface area contributed by atoms with Gasteiger partial charge in [-0.2, -0.15) is 0 Å². The maximum Gasteiger partial charge on any atom is 0.196 e. The number of anilines is 1. The number of hydrogen-bond donors (Lipinski definition) is 1. The first-order valence-electron chi connectivity index (χ1n) is 9.29. The number of piperazine rings is 1. The fourth-order valence-corrected chi connectivity index (χ4v) is 4.21. The number of hydrogen-bond acceptors (Lipinski definition) is 4. The lowest BCUT2D eigenvalue weighted by atomic mass is 10.0. The Morgan fingerprint density at radius 1 is 1.11 bits per heavy atom. The molecule has 1 N–H and O–H groups in total. The van der Waals surface area contributed by atoms with Gasteiger partial charge in [0.15, 0.2) is 11.6 Å². The second-order valence-electron chi connectivity index (χ2n) is 7.20. The van der Waals surface area contributed by atoms with Crippen molar-refractivity contribution in [1.82, 2.24) is 9.88 Å². The summed E-state index contributed by atoms with van der Waals surface area (Å²) in [6.07, 6.45) is 0. The van der Waals surface area contributed by atoms with Gasteiger partial charge >= 0.3 is 0 Å². The molecule has 0 saturated carbocycles. The standard InChI is InChI=1S/C21H26ClN3O2/c1-13-19(16(4)26)14(2)23-20(13)21(27)15(3)24-9-11-25(12-10-24)18-8-6-5-7-17(18)22/h5-8,15,23H,9-12H2,1-4H3/t15-/m0/s1. The lowest BCUT2D eigenvalue weighted by molar-refractivity contribution is 0.0824. The van der Waals surface area contributed by atoms with E-state index in [1.165, 1.54) is 6.92 Å². The van der Waals surface area contributed by atoms with Gasteiger partial charge in [-0.05, 0) is 45.4 Å². The Hall–Kier alpha value is -2.11. The number of nitrogens with zero attached hydrogens (tertiary/aromatic N) is 2. The van der Waals surface area contributed by atoms with Gasteiger partial charge in [-0.15, -0.1) is 0 Å². The molecule has 0 spiro atoms. The maximum absolute atomic E-state index is 13.0. The highest BCUT2D eigenvalue weighted by Crippen LogP contribution is 2.27. The van der Waals surface area contributed by atoms with Gasteiger partial charge in [-0.1, -0.05) is 23.7 Å². The van der Waals surface area contributed by atoms with E-state index in [0.29, 0.717) is 11.3 Å². The highest BCUT2D eigenvalue weighted by Gasteiger charge is 2.29. The first-order valence-corrected chi connectivity index (χ1v) is 9.67. The fourth-order valence-electron chi connectivity index (χ4n) is 3.96. The summed E-state index contributed by atoms with van der Waals surface area (Å²) in [5.41, 5.74) is 3.75. The molecule has 2 aromatic rings. The number of halogens is 1. The molecule has 0 aliphatic carbocycles. The van der Waals surface area contributed by atoms with Crippen LogP contribution in [-0.4, -0.2) is 53.7 Å². The molecule has 0 radical (unpaired) electrons. The number of carbonyl (C=O) groups is 2. The molecule has 144 valence electrons. The van der Waals surface area contributed by atoms with Crippen LogP contribution in [0.3, 0.4) is 0 Å². The van der Waals surface area contributed by atoms with E-state index < -0.39 is 0 Å². The van der Waals surface area contributed by atoms with Crippen molar-refractivity contribution in [3.05, 3.63) is 51.8 Å². The first-order chi connectivity index (χ1) is 12.8. The lowest BCUT2D eigenvalue weighted by Crippen LogP contribution is -2.52. The van der Waals surface area contributed by atoms with Crippen LogP contribution >= 0.6 is 11.6 Å². The molecule has 1 aliphatic heterocycles. The van der Waals surface area contributed by atoms with Crippen molar-refractivity contribution in [1.29, 1.82) is 0 Å². The number of Topliss-reactive ketones (excluding diaryl/α,β-unsaturated/α-hetero) is 2. The summed E-state index contributed by atoms with van der Waals surface area (Å²) in [4.78, 5) is 32.5. The molecule has 3 rings (SSSR count). The predicted octanol–water partition coefficient (Wildman–Crippen LogP) is 3.88. The molecular formula is C21H26ClN3O2. The molecule has 1 aromatic heterocycles. The SMILES string of the molecule is CC(=O)c1c(C)[nH]c(C(=O)[C@H](C)N2CCN(c3ccccc3Cl)CC2)c1C. The van der Waals surface area contributed by atoms with E-state index in [1.807, 2.05) is 45.0 Å². The van der Waals surface area contributed by atoms with E-state index in [1.54, 1.807) is 0 Å². The zero-order valence-corrected chi connectivity index (χ0v) is 17.1. The van der Waals surface area contributed by atoms with Crippen LogP contribution in [0.5, 0.6) is 0 Å². The third-order valence-electron chi connectivity index (χ3n) is 5.47. The van der Waals surface area contributed by atoms with Crippen molar-refractivity contribution in [2.24, 2.45) is 0 Å². The molecule has 6 heteroatoms. The van der Waals surface area contributed by atoms with Gasteiger partial charge in [0.1, 0.15) is 0 Å². The molecule has 1 fully saturated rings. The Kier molecular flexibility index (Phi) is 5.72. The van der Waals surface area contributed by atoms with Crippen molar-refractivity contribution in [2.45, 2.75) is 33.7 Å². The Labute approximate surface area is 165 Å². The third kappa shape index (κ3) is 3.80. The average molecular weight is 388 g/mol. The number of nitrogens with one attached hydrogen (secondary N) is 1. The summed E-state index contributed by atoms with van der Waals surface area (Å²) in [5, 5.41) is 0.754. The van der Waals surface area contributed by atoms with E-state index in [9.17, 15) is 9.59 Å². The molecule has 1 aromatic carbocycles. The minimum atomic E-state index is -0.241. The number of aryl methyl sites for hydroxylation is 1. The van der Waals surface area contributed by atoms with Gasteiger partial charge in [-0.3, -0.25) is 14.5 Å². The first kappa shape index (κ1) is 19.6. The highest BCUT2D eigenvalue weighted by atomic mass is 35.5. The van der Waals surface area contributed by atoms with Crippen molar-refractivity contribution >= 4 is 28.9 Å². The number of para-hydroxylation sites is 1. The predicted molar refractivity (Wildman–Crippen MR) is 109 cm³/mol. The largest absolute Gasteiger partial charge is 0.368 e. The second-order valence-corrected chi connectivity index (χ2v) is 7.60. The van der Waals surface area contributed by atoms with Crippen molar-refractivity contribution in [3.63, 3.8) is 0 Å². The maximum atomic E-state index is 13.0. The molecule has 0 unspecified atom stereocenters. The van der Waals surface area contributed by atoms with Crippen LogP contribution in [0.25, 0.3) is 0 Å².